The number of piperazine rings is 1. The van der Waals surface area contributed by atoms with Crippen LogP contribution >= 0.6 is 0 Å². The van der Waals surface area contributed by atoms with Gasteiger partial charge in [0.2, 0.25) is 5.91 Å². The van der Waals surface area contributed by atoms with Gasteiger partial charge in [-0.05, 0) is 41.8 Å². The second-order valence-corrected chi connectivity index (χ2v) is 8.95. The molecule has 0 radical (unpaired) electrons. The lowest BCUT2D eigenvalue weighted by Gasteiger charge is -2.58. The number of anilines is 1. The van der Waals surface area contributed by atoms with Crippen molar-refractivity contribution in [1.29, 1.82) is 0 Å². The molecule has 2 fully saturated rings. The molecule has 3 amide bonds. The van der Waals surface area contributed by atoms with Crippen molar-refractivity contribution in [1.82, 2.24) is 9.80 Å². The largest absolute Gasteiger partial charge is 0.394 e. The molecule has 2 heterocycles. The Bertz CT molecular complexity index is 1210. The summed E-state index contributed by atoms with van der Waals surface area (Å²) in [4.78, 5) is 28.8. The number of aliphatic hydroxyl groups is 1. The summed E-state index contributed by atoms with van der Waals surface area (Å²) >= 11 is 0. The topological polar surface area (TPSA) is 72.9 Å². The highest BCUT2D eigenvalue weighted by Crippen LogP contribution is 2.43. The third kappa shape index (κ3) is 4.03. The summed E-state index contributed by atoms with van der Waals surface area (Å²) in [5.41, 5.74) is 4.78. The molecule has 3 aromatic rings. The van der Waals surface area contributed by atoms with Gasteiger partial charge in [0, 0.05) is 18.2 Å². The molecule has 2 N–H and O–H groups in total. The van der Waals surface area contributed by atoms with Crippen molar-refractivity contribution in [2.24, 2.45) is 0 Å². The minimum absolute atomic E-state index is 0.0762. The number of carbonyl (C=O) groups excluding carboxylic acids is 2. The van der Waals surface area contributed by atoms with Crippen LogP contribution in [0.4, 0.5) is 14.9 Å². The van der Waals surface area contributed by atoms with Crippen LogP contribution in [0.1, 0.15) is 17.0 Å². The van der Waals surface area contributed by atoms with Gasteiger partial charge in [-0.15, -0.1) is 0 Å². The van der Waals surface area contributed by atoms with E-state index in [1.165, 1.54) is 28.7 Å². The third-order valence-corrected chi connectivity index (χ3v) is 6.80. The Hall–Kier alpha value is -3.71. The van der Waals surface area contributed by atoms with Crippen molar-refractivity contribution < 1.29 is 19.1 Å². The number of hydrogen-bond donors (Lipinski definition) is 2. The van der Waals surface area contributed by atoms with Crippen molar-refractivity contribution in [2.75, 3.05) is 25.0 Å². The Morgan fingerprint density at radius 1 is 1.06 bits per heavy atom. The molecule has 0 unspecified atom stereocenters. The zero-order valence-corrected chi connectivity index (χ0v) is 18.8. The first kappa shape index (κ1) is 22.1. The van der Waals surface area contributed by atoms with E-state index in [-0.39, 0.29) is 37.1 Å². The third-order valence-electron chi connectivity index (χ3n) is 6.80. The summed E-state index contributed by atoms with van der Waals surface area (Å²) in [6.07, 6.45) is 0. The first-order valence-electron chi connectivity index (χ1n) is 11.3. The van der Waals surface area contributed by atoms with Gasteiger partial charge in [0.1, 0.15) is 12.4 Å². The lowest BCUT2D eigenvalue weighted by atomic mass is 9.73. The van der Waals surface area contributed by atoms with E-state index < -0.39 is 11.8 Å². The van der Waals surface area contributed by atoms with Crippen LogP contribution in [-0.4, -0.2) is 58.6 Å². The number of nitrogens with zero attached hydrogens (tertiary/aromatic N) is 2. The van der Waals surface area contributed by atoms with E-state index in [1.54, 1.807) is 11.0 Å². The molecule has 0 aromatic heterocycles. The van der Waals surface area contributed by atoms with Crippen LogP contribution < -0.4 is 5.32 Å². The normalized spacial score (nSPS) is 21.6. The Morgan fingerprint density at radius 3 is 2.38 bits per heavy atom. The average Bonchev–Trinajstić information content (AvgIpc) is 2.81. The summed E-state index contributed by atoms with van der Waals surface area (Å²) in [5, 5.41) is 12.7. The predicted molar refractivity (Wildman–Crippen MR) is 128 cm³/mol. The van der Waals surface area contributed by atoms with Gasteiger partial charge in [0.05, 0.1) is 18.7 Å². The lowest BCUT2D eigenvalue weighted by Crippen LogP contribution is -2.73. The van der Waals surface area contributed by atoms with Crippen LogP contribution in [0, 0.1) is 12.7 Å². The molecule has 0 bridgehead atoms. The molecule has 3 aromatic carbocycles. The summed E-state index contributed by atoms with van der Waals surface area (Å²) < 4.78 is 13.5. The van der Waals surface area contributed by atoms with Crippen molar-refractivity contribution in [3.05, 3.63) is 89.7 Å². The zero-order chi connectivity index (χ0) is 23.8. The molecular formula is C27H26FN3O3. The molecule has 0 saturated carbocycles. The van der Waals surface area contributed by atoms with E-state index in [1.807, 2.05) is 12.1 Å². The highest BCUT2D eigenvalue weighted by molar-refractivity contribution is 5.93. The second kappa shape index (κ2) is 8.91. The number of aliphatic hydroxyl groups excluding tert-OH is 1. The van der Waals surface area contributed by atoms with E-state index in [2.05, 4.69) is 48.6 Å². The van der Waals surface area contributed by atoms with Gasteiger partial charge in [0.25, 0.3) is 0 Å². The molecular weight excluding hydrogens is 433 g/mol. The van der Waals surface area contributed by atoms with E-state index >= 15 is 0 Å². The molecule has 3 atom stereocenters. The predicted octanol–water partition coefficient (Wildman–Crippen LogP) is 4.00. The van der Waals surface area contributed by atoms with Gasteiger partial charge in [-0.3, -0.25) is 4.79 Å². The van der Waals surface area contributed by atoms with Crippen molar-refractivity contribution in [3.8, 4) is 11.1 Å². The Morgan fingerprint density at radius 2 is 1.74 bits per heavy atom. The summed E-state index contributed by atoms with van der Waals surface area (Å²) in [5.74, 6) is -0.722. The standard InChI is InChI=1S/C27H26FN3O3/c1-17-5-7-18(8-6-17)19-9-11-20(12-10-19)26-23-14-30(15-25(33)31(23)24(26)16-32)27(34)29-22-4-2-3-21(28)13-22/h2-13,23-24,26,32H,14-16H2,1H3,(H,29,34)/t23-,24+,26-/m0/s1. The molecule has 5 rings (SSSR count). The second-order valence-electron chi connectivity index (χ2n) is 8.95. The molecule has 7 heteroatoms. The van der Waals surface area contributed by atoms with Gasteiger partial charge in [-0.25, -0.2) is 9.18 Å². The molecule has 0 aliphatic carbocycles. The number of halogens is 1. The minimum Gasteiger partial charge on any atom is -0.394 e. The number of fused-ring (bicyclic) bond motifs is 1. The quantitative estimate of drug-likeness (QED) is 0.619. The van der Waals surface area contributed by atoms with E-state index in [9.17, 15) is 19.1 Å². The lowest BCUT2D eigenvalue weighted by molar-refractivity contribution is -0.159. The van der Waals surface area contributed by atoms with Crippen LogP contribution in [0.3, 0.4) is 0 Å². The molecule has 2 saturated heterocycles. The number of benzene rings is 3. The fourth-order valence-electron chi connectivity index (χ4n) is 5.07. The number of hydrogen-bond acceptors (Lipinski definition) is 3. The maximum Gasteiger partial charge on any atom is 0.322 e. The van der Waals surface area contributed by atoms with Crippen LogP contribution in [-0.2, 0) is 4.79 Å². The first-order chi connectivity index (χ1) is 16.4. The van der Waals surface area contributed by atoms with Crippen molar-refractivity contribution in [3.63, 3.8) is 0 Å². The van der Waals surface area contributed by atoms with E-state index in [0.29, 0.717) is 12.2 Å². The first-order valence-corrected chi connectivity index (χ1v) is 11.3. The number of amides is 3. The Labute approximate surface area is 197 Å². The molecule has 2 aliphatic heterocycles. The Kier molecular flexibility index (Phi) is 5.79. The van der Waals surface area contributed by atoms with Crippen molar-refractivity contribution in [2.45, 2.75) is 24.9 Å². The average molecular weight is 460 g/mol. The van der Waals surface area contributed by atoms with E-state index in [4.69, 9.17) is 0 Å². The number of aryl methyl sites for hydroxylation is 1. The van der Waals surface area contributed by atoms with Crippen LogP contribution in [0.15, 0.2) is 72.8 Å². The molecule has 34 heavy (non-hydrogen) atoms. The van der Waals surface area contributed by atoms with Gasteiger partial charge in [0.15, 0.2) is 0 Å². The minimum atomic E-state index is -0.447. The zero-order valence-electron chi connectivity index (χ0n) is 18.8. The molecule has 0 spiro atoms. The monoisotopic (exact) mass is 459 g/mol. The van der Waals surface area contributed by atoms with Crippen molar-refractivity contribution >= 4 is 17.6 Å². The fourth-order valence-corrected chi connectivity index (χ4v) is 5.07. The molecule has 6 nitrogen and oxygen atoms in total. The van der Waals surface area contributed by atoms with Gasteiger partial charge < -0.3 is 20.2 Å². The van der Waals surface area contributed by atoms with Gasteiger partial charge in [-0.1, -0.05) is 60.2 Å². The fraction of sp³-hybridized carbons (Fsp3) is 0.259. The maximum atomic E-state index is 13.5. The highest BCUT2D eigenvalue weighted by atomic mass is 19.1. The van der Waals surface area contributed by atoms with Gasteiger partial charge >= 0.3 is 6.03 Å². The van der Waals surface area contributed by atoms with Crippen LogP contribution in [0.5, 0.6) is 0 Å². The summed E-state index contributed by atoms with van der Waals surface area (Å²) in [6, 6.07) is 21.2. The number of rotatable bonds is 4. The van der Waals surface area contributed by atoms with Crippen LogP contribution in [0.25, 0.3) is 11.1 Å². The summed E-state index contributed by atoms with van der Waals surface area (Å²) in [7, 11) is 0. The van der Waals surface area contributed by atoms with E-state index in [0.717, 1.165) is 16.7 Å². The van der Waals surface area contributed by atoms with Crippen LogP contribution in [0.2, 0.25) is 0 Å². The number of nitrogens with one attached hydrogen (secondary N) is 1. The molecule has 2 aliphatic rings. The molecule has 174 valence electrons. The Balaban J connectivity index is 1.34. The highest BCUT2D eigenvalue weighted by Gasteiger charge is 2.54. The maximum absolute atomic E-state index is 13.5. The number of urea groups is 1. The smallest absolute Gasteiger partial charge is 0.322 e. The van der Waals surface area contributed by atoms with Gasteiger partial charge in [-0.2, -0.15) is 0 Å². The number of carbonyl (C=O) groups is 2. The SMILES string of the molecule is Cc1ccc(-c2ccc([C@@H]3[C@@H](CO)N4C(=O)CN(C(=O)Nc5cccc(F)c5)C[C@@H]34)cc2)cc1. The summed E-state index contributed by atoms with van der Waals surface area (Å²) in [6.45, 7) is 2.18.